The maximum Gasteiger partial charge on any atom is 0.123 e. The quantitative estimate of drug-likeness (QED) is 0.911. The van der Waals surface area contributed by atoms with Gasteiger partial charge in [0.2, 0.25) is 0 Å². The van der Waals surface area contributed by atoms with Crippen molar-refractivity contribution in [2.75, 3.05) is 19.1 Å². The highest BCUT2D eigenvalue weighted by Gasteiger charge is 2.05. The van der Waals surface area contributed by atoms with Crippen molar-refractivity contribution in [1.29, 1.82) is 0 Å². The van der Waals surface area contributed by atoms with E-state index in [4.69, 9.17) is 10.5 Å². The van der Waals surface area contributed by atoms with Crippen LogP contribution in [0.25, 0.3) is 0 Å². The van der Waals surface area contributed by atoms with E-state index < -0.39 is 0 Å². The van der Waals surface area contributed by atoms with E-state index in [1.54, 1.807) is 13.2 Å². The van der Waals surface area contributed by atoms with Gasteiger partial charge in [0.1, 0.15) is 11.6 Å². The van der Waals surface area contributed by atoms with Gasteiger partial charge in [-0.3, -0.25) is 0 Å². The molecule has 0 spiro atoms. The first kappa shape index (κ1) is 14.3. The number of hydrogen-bond acceptors (Lipinski definition) is 3. The number of halogens is 1. The molecule has 3 nitrogen and oxygen atoms in total. The van der Waals surface area contributed by atoms with E-state index in [-0.39, 0.29) is 5.82 Å². The zero-order chi connectivity index (χ0) is 14.5. The molecule has 4 heteroatoms. The third-order valence-electron chi connectivity index (χ3n) is 3.19. The highest BCUT2D eigenvalue weighted by Crippen LogP contribution is 2.20. The minimum absolute atomic E-state index is 0.244. The van der Waals surface area contributed by atoms with Crippen molar-refractivity contribution in [3.8, 4) is 5.75 Å². The maximum absolute atomic E-state index is 13.5. The second-order valence-electron chi connectivity index (χ2n) is 4.73. The van der Waals surface area contributed by atoms with E-state index in [9.17, 15) is 4.39 Å². The van der Waals surface area contributed by atoms with Crippen molar-refractivity contribution in [1.82, 2.24) is 0 Å². The number of hydrogen-bond donors (Lipinski definition) is 1. The Bertz CT molecular complexity index is 569. The van der Waals surface area contributed by atoms with Gasteiger partial charge >= 0.3 is 0 Å². The van der Waals surface area contributed by atoms with E-state index in [1.807, 2.05) is 37.4 Å². The third kappa shape index (κ3) is 3.48. The zero-order valence-corrected chi connectivity index (χ0v) is 11.8. The fourth-order valence-corrected chi connectivity index (χ4v) is 2.13. The molecule has 106 valence electrons. The Morgan fingerprint density at radius 1 is 1.10 bits per heavy atom. The molecule has 20 heavy (non-hydrogen) atoms. The molecule has 0 amide bonds. The minimum Gasteiger partial charge on any atom is -0.497 e. The molecule has 0 aliphatic rings. The third-order valence-corrected chi connectivity index (χ3v) is 3.19. The van der Waals surface area contributed by atoms with Gasteiger partial charge in [0.15, 0.2) is 0 Å². The predicted molar refractivity (Wildman–Crippen MR) is 79.4 cm³/mol. The first-order valence-electron chi connectivity index (χ1n) is 6.46. The lowest BCUT2D eigenvalue weighted by Crippen LogP contribution is -2.16. The van der Waals surface area contributed by atoms with Gasteiger partial charge in [-0.1, -0.05) is 6.07 Å². The van der Waals surface area contributed by atoms with Crippen LogP contribution in [0.2, 0.25) is 0 Å². The molecule has 2 aromatic carbocycles. The molecule has 0 saturated carbocycles. The largest absolute Gasteiger partial charge is 0.497 e. The van der Waals surface area contributed by atoms with Crippen LogP contribution in [0.15, 0.2) is 42.5 Å². The van der Waals surface area contributed by atoms with Gasteiger partial charge in [-0.15, -0.1) is 0 Å². The Morgan fingerprint density at radius 2 is 1.75 bits per heavy atom. The lowest BCUT2D eigenvalue weighted by atomic mass is 10.1. The molecule has 0 aliphatic heterocycles. The van der Waals surface area contributed by atoms with E-state index in [1.165, 1.54) is 6.07 Å². The fourth-order valence-electron chi connectivity index (χ4n) is 2.13. The Morgan fingerprint density at radius 3 is 2.35 bits per heavy atom. The maximum atomic E-state index is 13.5. The summed E-state index contributed by atoms with van der Waals surface area (Å²) in [6.07, 6.45) is 0. The Hall–Kier alpha value is -2.07. The summed E-state index contributed by atoms with van der Waals surface area (Å²) in [5, 5.41) is 0. The van der Waals surface area contributed by atoms with Crippen LogP contribution in [0.5, 0.6) is 5.75 Å². The van der Waals surface area contributed by atoms with Gasteiger partial charge in [-0.25, -0.2) is 4.39 Å². The van der Waals surface area contributed by atoms with Gasteiger partial charge in [0.05, 0.1) is 7.11 Å². The number of nitrogens with zero attached hydrogens (tertiary/aromatic N) is 1. The average Bonchev–Trinajstić information content (AvgIpc) is 2.46. The molecule has 2 N–H and O–H groups in total. The van der Waals surface area contributed by atoms with Crippen LogP contribution >= 0.6 is 0 Å². The fraction of sp³-hybridized carbons (Fsp3) is 0.250. The number of ether oxygens (including phenoxy) is 1. The van der Waals surface area contributed by atoms with Crippen molar-refractivity contribution in [2.24, 2.45) is 5.73 Å². The molecule has 0 aliphatic carbocycles. The summed E-state index contributed by atoms with van der Waals surface area (Å²) in [7, 11) is 3.61. The number of rotatable bonds is 5. The number of anilines is 1. The molecular weight excluding hydrogens is 255 g/mol. The number of nitrogens with two attached hydrogens (primary N) is 1. The van der Waals surface area contributed by atoms with Crippen LogP contribution in [0.4, 0.5) is 10.1 Å². The molecule has 0 radical (unpaired) electrons. The molecule has 0 heterocycles. The summed E-state index contributed by atoms with van der Waals surface area (Å²) in [5.74, 6) is 0.574. The second-order valence-corrected chi connectivity index (χ2v) is 4.73. The van der Waals surface area contributed by atoms with Crippen LogP contribution in [-0.2, 0) is 13.1 Å². The normalized spacial score (nSPS) is 10.4. The summed E-state index contributed by atoms with van der Waals surface area (Å²) < 4.78 is 18.6. The predicted octanol–water partition coefficient (Wildman–Crippen LogP) is 2.93. The molecule has 0 bridgehead atoms. The van der Waals surface area contributed by atoms with Crippen molar-refractivity contribution >= 4 is 5.69 Å². The summed E-state index contributed by atoms with van der Waals surface area (Å²) >= 11 is 0. The topological polar surface area (TPSA) is 38.5 Å². The van der Waals surface area contributed by atoms with E-state index >= 15 is 0 Å². The first-order valence-corrected chi connectivity index (χ1v) is 6.46. The first-order chi connectivity index (χ1) is 9.62. The van der Waals surface area contributed by atoms with Crippen molar-refractivity contribution in [3.05, 3.63) is 59.4 Å². The highest BCUT2D eigenvalue weighted by molar-refractivity contribution is 5.49. The summed E-state index contributed by atoms with van der Waals surface area (Å²) in [6, 6.07) is 12.7. The number of benzene rings is 2. The smallest absolute Gasteiger partial charge is 0.123 e. The van der Waals surface area contributed by atoms with Crippen LogP contribution in [-0.4, -0.2) is 14.2 Å². The Balaban J connectivity index is 2.13. The SMILES string of the molecule is COc1ccc(N(C)Cc2cc(F)cc(CN)c2)cc1. The van der Waals surface area contributed by atoms with Gasteiger partial charge in [-0.2, -0.15) is 0 Å². The molecule has 0 atom stereocenters. The Kier molecular flexibility index (Phi) is 4.58. The van der Waals surface area contributed by atoms with Crippen molar-refractivity contribution in [2.45, 2.75) is 13.1 Å². The summed E-state index contributed by atoms with van der Waals surface area (Å²) in [6.45, 7) is 0.966. The lowest BCUT2D eigenvalue weighted by Gasteiger charge is -2.20. The average molecular weight is 274 g/mol. The van der Waals surface area contributed by atoms with Crippen molar-refractivity contribution < 1.29 is 9.13 Å². The molecule has 0 unspecified atom stereocenters. The highest BCUT2D eigenvalue weighted by atomic mass is 19.1. The van der Waals surface area contributed by atoms with Gasteiger partial charge in [0.25, 0.3) is 0 Å². The molecule has 0 saturated heterocycles. The molecule has 2 rings (SSSR count). The van der Waals surface area contributed by atoms with Crippen molar-refractivity contribution in [3.63, 3.8) is 0 Å². The van der Waals surface area contributed by atoms with Gasteiger partial charge < -0.3 is 15.4 Å². The van der Waals surface area contributed by atoms with E-state index in [0.717, 1.165) is 22.6 Å². The van der Waals surface area contributed by atoms with Gasteiger partial charge in [0, 0.05) is 25.8 Å². The summed E-state index contributed by atoms with van der Waals surface area (Å²) in [5.41, 5.74) is 8.33. The molecule has 0 aromatic heterocycles. The minimum atomic E-state index is -0.244. The lowest BCUT2D eigenvalue weighted by molar-refractivity contribution is 0.415. The summed E-state index contributed by atoms with van der Waals surface area (Å²) in [4.78, 5) is 2.05. The van der Waals surface area contributed by atoms with Gasteiger partial charge in [-0.05, 0) is 47.5 Å². The van der Waals surface area contributed by atoms with Crippen LogP contribution in [0, 0.1) is 5.82 Å². The van der Waals surface area contributed by atoms with E-state index in [2.05, 4.69) is 4.90 Å². The molecular formula is C16H19FN2O. The second kappa shape index (κ2) is 6.39. The Labute approximate surface area is 118 Å². The van der Waals surface area contributed by atoms with Crippen LogP contribution < -0.4 is 15.4 Å². The van der Waals surface area contributed by atoms with E-state index in [0.29, 0.717) is 13.1 Å². The number of methoxy groups -OCH3 is 1. The van der Waals surface area contributed by atoms with Crippen LogP contribution in [0.1, 0.15) is 11.1 Å². The standard InChI is InChI=1S/C16H19FN2O/c1-19(15-3-5-16(20-2)6-4-15)11-13-7-12(10-18)8-14(17)9-13/h3-9H,10-11,18H2,1-2H3. The zero-order valence-electron chi connectivity index (χ0n) is 11.8. The molecule has 2 aromatic rings. The molecule has 0 fully saturated rings. The monoisotopic (exact) mass is 274 g/mol. The van der Waals surface area contributed by atoms with Crippen LogP contribution in [0.3, 0.4) is 0 Å².